The number of carboxylic acids is 1. The molecular weight excluding hydrogens is 264 g/mol. The fourth-order valence-corrected chi connectivity index (χ4v) is 1.60. The molecule has 8 nitrogen and oxygen atoms in total. The quantitative estimate of drug-likeness (QED) is 0.603. The van der Waals surface area contributed by atoms with E-state index >= 15 is 0 Å². The van der Waals surface area contributed by atoms with Crippen molar-refractivity contribution in [2.24, 2.45) is 5.92 Å². The molecule has 0 saturated heterocycles. The molecule has 110 valence electrons. The minimum absolute atomic E-state index is 0.238. The zero-order chi connectivity index (χ0) is 14.4. The number of urea groups is 1. The second kappa shape index (κ2) is 6.90. The smallest absolute Gasteiger partial charge is 0.325 e. The first kappa shape index (κ1) is 14.3. The van der Waals surface area contributed by atoms with E-state index in [4.69, 9.17) is 9.84 Å². The van der Waals surface area contributed by atoms with Crippen LogP contribution in [0.4, 0.5) is 10.5 Å². The Morgan fingerprint density at radius 2 is 2.30 bits per heavy atom. The van der Waals surface area contributed by atoms with Crippen LogP contribution >= 0.6 is 0 Å². The molecule has 0 aromatic carbocycles. The van der Waals surface area contributed by atoms with Crippen LogP contribution in [0, 0.1) is 5.92 Å². The summed E-state index contributed by atoms with van der Waals surface area (Å²) in [4.78, 5) is 22.0. The van der Waals surface area contributed by atoms with Crippen LogP contribution in [0.1, 0.15) is 12.8 Å². The molecule has 1 saturated carbocycles. The van der Waals surface area contributed by atoms with Crippen LogP contribution in [0.15, 0.2) is 12.4 Å². The van der Waals surface area contributed by atoms with E-state index in [1.54, 1.807) is 0 Å². The SMILES string of the molecule is O=C(O)Cn1cc(NC(=O)NCCOCC2CC2)cn1. The van der Waals surface area contributed by atoms with Gasteiger partial charge in [-0.25, -0.2) is 4.79 Å². The van der Waals surface area contributed by atoms with Crippen molar-refractivity contribution in [3.05, 3.63) is 12.4 Å². The van der Waals surface area contributed by atoms with Gasteiger partial charge in [0.25, 0.3) is 0 Å². The van der Waals surface area contributed by atoms with E-state index in [9.17, 15) is 9.59 Å². The highest BCUT2D eigenvalue weighted by Gasteiger charge is 2.20. The molecule has 2 amide bonds. The van der Waals surface area contributed by atoms with E-state index in [2.05, 4.69) is 15.7 Å². The number of rotatable bonds is 8. The van der Waals surface area contributed by atoms with E-state index in [-0.39, 0.29) is 12.6 Å². The van der Waals surface area contributed by atoms with Crippen LogP contribution in [0.5, 0.6) is 0 Å². The average Bonchev–Trinajstić information content (AvgIpc) is 3.10. The van der Waals surface area contributed by atoms with E-state index in [1.165, 1.54) is 29.9 Å². The maximum atomic E-state index is 11.5. The summed E-state index contributed by atoms with van der Waals surface area (Å²) >= 11 is 0. The zero-order valence-electron chi connectivity index (χ0n) is 11.0. The predicted molar refractivity (Wildman–Crippen MR) is 70.4 cm³/mol. The van der Waals surface area contributed by atoms with Crippen LogP contribution in [0.3, 0.4) is 0 Å². The zero-order valence-corrected chi connectivity index (χ0v) is 11.0. The fourth-order valence-electron chi connectivity index (χ4n) is 1.60. The van der Waals surface area contributed by atoms with E-state index < -0.39 is 5.97 Å². The molecule has 1 aromatic heterocycles. The number of aliphatic carboxylic acids is 1. The third-order valence-electron chi connectivity index (χ3n) is 2.77. The van der Waals surface area contributed by atoms with Gasteiger partial charge in [0, 0.05) is 19.3 Å². The van der Waals surface area contributed by atoms with Gasteiger partial charge >= 0.3 is 12.0 Å². The first-order valence-electron chi connectivity index (χ1n) is 6.50. The van der Waals surface area contributed by atoms with Crippen molar-refractivity contribution >= 4 is 17.7 Å². The second-order valence-electron chi connectivity index (χ2n) is 4.72. The second-order valence-corrected chi connectivity index (χ2v) is 4.72. The summed E-state index contributed by atoms with van der Waals surface area (Å²) in [7, 11) is 0. The van der Waals surface area contributed by atoms with Crippen molar-refractivity contribution in [3.63, 3.8) is 0 Å². The molecule has 1 heterocycles. The number of aromatic nitrogens is 2. The highest BCUT2D eigenvalue weighted by atomic mass is 16.5. The molecule has 1 aliphatic carbocycles. The number of carbonyl (C=O) groups is 2. The minimum atomic E-state index is -0.989. The molecule has 1 fully saturated rings. The van der Waals surface area contributed by atoms with E-state index in [0.29, 0.717) is 24.8 Å². The maximum Gasteiger partial charge on any atom is 0.325 e. The molecule has 0 bridgehead atoms. The van der Waals surface area contributed by atoms with Crippen molar-refractivity contribution in [1.29, 1.82) is 0 Å². The lowest BCUT2D eigenvalue weighted by Gasteiger charge is -2.06. The van der Waals surface area contributed by atoms with Gasteiger partial charge in [0.2, 0.25) is 0 Å². The highest BCUT2D eigenvalue weighted by molar-refractivity contribution is 5.88. The third-order valence-corrected chi connectivity index (χ3v) is 2.77. The van der Waals surface area contributed by atoms with Gasteiger partial charge < -0.3 is 20.5 Å². The molecular formula is C12H18N4O4. The van der Waals surface area contributed by atoms with Gasteiger partial charge in [-0.05, 0) is 18.8 Å². The summed E-state index contributed by atoms with van der Waals surface area (Å²) in [5.41, 5.74) is 0.447. The minimum Gasteiger partial charge on any atom is -0.480 e. The Kier molecular flexibility index (Phi) is 4.94. The Morgan fingerprint density at radius 1 is 1.50 bits per heavy atom. The largest absolute Gasteiger partial charge is 0.480 e. The Labute approximate surface area is 116 Å². The Morgan fingerprint density at radius 3 is 3.00 bits per heavy atom. The van der Waals surface area contributed by atoms with E-state index in [0.717, 1.165) is 6.61 Å². The Balaban J connectivity index is 1.60. The molecule has 1 aromatic rings. The molecule has 20 heavy (non-hydrogen) atoms. The lowest BCUT2D eigenvalue weighted by Crippen LogP contribution is -2.31. The van der Waals surface area contributed by atoms with Gasteiger partial charge in [0.05, 0.1) is 18.5 Å². The average molecular weight is 282 g/mol. The van der Waals surface area contributed by atoms with Crippen molar-refractivity contribution < 1.29 is 19.4 Å². The number of nitrogens with one attached hydrogen (secondary N) is 2. The number of hydrogen-bond acceptors (Lipinski definition) is 4. The van der Waals surface area contributed by atoms with Crippen LogP contribution in [0.2, 0.25) is 0 Å². The molecule has 8 heteroatoms. The highest BCUT2D eigenvalue weighted by Crippen LogP contribution is 2.28. The van der Waals surface area contributed by atoms with Crippen molar-refractivity contribution in [2.75, 3.05) is 25.1 Å². The summed E-state index contributed by atoms with van der Waals surface area (Å²) in [5, 5.41) is 17.6. The Bertz CT molecular complexity index is 470. The van der Waals surface area contributed by atoms with Crippen LogP contribution in [-0.4, -0.2) is 46.6 Å². The topological polar surface area (TPSA) is 105 Å². The van der Waals surface area contributed by atoms with Crippen LogP contribution in [0.25, 0.3) is 0 Å². The Hall–Kier alpha value is -2.09. The summed E-state index contributed by atoms with van der Waals surface area (Å²) in [6, 6.07) is -0.366. The van der Waals surface area contributed by atoms with Gasteiger partial charge in [-0.2, -0.15) is 5.10 Å². The van der Waals surface area contributed by atoms with Crippen molar-refractivity contribution in [2.45, 2.75) is 19.4 Å². The van der Waals surface area contributed by atoms with Gasteiger partial charge in [-0.3, -0.25) is 9.48 Å². The number of ether oxygens (including phenoxy) is 1. The normalized spacial score (nSPS) is 14.0. The predicted octanol–water partition coefficient (Wildman–Crippen LogP) is 0.516. The lowest BCUT2D eigenvalue weighted by molar-refractivity contribution is -0.137. The van der Waals surface area contributed by atoms with Gasteiger partial charge in [-0.15, -0.1) is 0 Å². The lowest BCUT2D eigenvalue weighted by atomic mass is 10.5. The number of carbonyl (C=O) groups excluding carboxylic acids is 1. The summed E-state index contributed by atoms with van der Waals surface area (Å²) in [6.07, 6.45) is 5.34. The number of nitrogens with zero attached hydrogens (tertiary/aromatic N) is 2. The van der Waals surface area contributed by atoms with Gasteiger partial charge in [0.1, 0.15) is 6.54 Å². The number of anilines is 1. The number of hydrogen-bond donors (Lipinski definition) is 3. The molecule has 0 atom stereocenters. The fraction of sp³-hybridized carbons (Fsp3) is 0.583. The molecule has 3 N–H and O–H groups in total. The monoisotopic (exact) mass is 282 g/mol. The standard InChI is InChI=1S/C12H18N4O4/c17-11(18)7-16-6-10(5-14-16)15-12(19)13-3-4-20-8-9-1-2-9/h5-6,9H,1-4,7-8H2,(H,17,18)(H2,13,15,19). The summed E-state index contributed by atoms with van der Waals surface area (Å²) in [6.45, 7) is 1.45. The molecule has 1 aliphatic rings. The third kappa shape index (κ3) is 5.27. The first-order chi connectivity index (χ1) is 9.63. The van der Waals surface area contributed by atoms with Crippen molar-refractivity contribution in [3.8, 4) is 0 Å². The van der Waals surface area contributed by atoms with Gasteiger partial charge in [0.15, 0.2) is 0 Å². The molecule has 0 aliphatic heterocycles. The molecule has 2 rings (SSSR count). The van der Waals surface area contributed by atoms with Crippen LogP contribution in [-0.2, 0) is 16.1 Å². The molecule has 0 radical (unpaired) electrons. The summed E-state index contributed by atoms with van der Waals surface area (Å²) in [5.74, 6) is -0.277. The number of amides is 2. The molecule has 0 unspecified atom stereocenters. The number of carboxylic acid groups (broad SMARTS) is 1. The van der Waals surface area contributed by atoms with E-state index in [1.807, 2.05) is 0 Å². The van der Waals surface area contributed by atoms with Gasteiger partial charge in [-0.1, -0.05) is 0 Å². The van der Waals surface area contributed by atoms with Crippen molar-refractivity contribution in [1.82, 2.24) is 15.1 Å². The summed E-state index contributed by atoms with van der Waals surface area (Å²) < 4.78 is 6.61. The molecule has 0 spiro atoms. The first-order valence-corrected chi connectivity index (χ1v) is 6.50. The van der Waals surface area contributed by atoms with Crippen LogP contribution < -0.4 is 10.6 Å². The maximum absolute atomic E-state index is 11.5.